The largest absolute Gasteiger partial charge is 0.496 e. The third-order valence-electron chi connectivity index (χ3n) is 3.46. The molecule has 0 aliphatic carbocycles. The first-order chi connectivity index (χ1) is 10.1. The van der Waals surface area contributed by atoms with Crippen LogP contribution in [-0.2, 0) is 6.42 Å². The molecule has 0 fully saturated rings. The maximum Gasteiger partial charge on any atom is 0.141 e. The highest BCUT2D eigenvalue weighted by Crippen LogP contribution is 2.26. The van der Waals surface area contributed by atoms with Crippen LogP contribution in [0.5, 0.6) is 5.75 Å². The molecule has 5 nitrogen and oxygen atoms in total. The molecule has 0 bridgehead atoms. The Balaban J connectivity index is 2.29. The summed E-state index contributed by atoms with van der Waals surface area (Å²) >= 11 is 0. The smallest absolute Gasteiger partial charge is 0.141 e. The lowest BCUT2D eigenvalue weighted by Crippen LogP contribution is -2.30. The van der Waals surface area contributed by atoms with E-state index in [4.69, 9.17) is 10.6 Å². The summed E-state index contributed by atoms with van der Waals surface area (Å²) in [6.07, 6.45) is 3.49. The fraction of sp³-hybridized carbons (Fsp3) is 0.333. The van der Waals surface area contributed by atoms with Crippen molar-refractivity contribution in [1.29, 1.82) is 0 Å². The number of nitrogens with one attached hydrogen (secondary N) is 1. The Kier molecular flexibility index (Phi) is 4.82. The van der Waals surface area contributed by atoms with Crippen LogP contribution < -0.4 is 16.0 Å². The molecule has 0 radical (unpaired) electrons. The molecule has 1 unspecified atom stereocenters. The Morgan fingerprint density at radius 3 is 2.62 bits per heavy atom. The molecule has 3 N–H and O–H groups in total. The number of ether oxygens (including phenoxy) is 1. The van der Waals surface area contributed by atoms with Gasteiger partial charge >= 0.3 is 0 Å². The summed E-state index contributed by atoms with van der Waals surface area (Å²) in [7, 11) is 1.64. The van der Waals surface area contributed by atoms with Crippen LogP contribution in [0.2, 0.25) is 0 Å². The normalized spacial score (nSPS) is 12.2. The quantitative estimate of drug-likeness (QED) is 0.651. The minimum atomic E-state index is -0.374. The molecule has 0 aliphatic heterocycles. The lowest BCUT2D eigenvalue weighted by molar-refractivity contribution is 0.406. The van der Waals surface area contributed by atoms with Gasteiger partial charge in [0.1, 0.15) is 11.6 Å². The van der Waals surface area contributed by atoms with Crippen molar-refractivity contribution < 1.29 is 9.13 Å². The molecule has 0 saturated heterocycles. The Morgan fingerprint density at radius 2 is 2.05 bits per heavy atom. The number of rotatable bonds is 5. The highest BCUT2D eigenvalue weighted by atomic mass is 19.1. The van der Waals surface area contributed by atoms with Gasteiger partial charge in [0.2, 0.25) is 0 Å². The molecule has 1 atom stereocenters. The Hall–Kier alpha value is -2.05. The lowest BCUT2D eigenvalue weighted by atomic mass is 10.0. The molecule has 2 aromatic rings. The number of pyridine rings is 2. The maximum atomic E-state index is 12.9. The van der Waals surface area contributed by atoms with Crippen molar-refractivity contribution in [3.05, 3.63) is 52.9 Å². The summed E-state index contributed by atoms with van der Waals surface area (Å²) in [6.45, 7) is 3.91. The third-order valence-corrected chi connectivity index (χ3v) is 3.46. The Bertz CT molecular complexity index is 616. The average molecular weight is 290 g/mol. The first-order valence-electron chi connectivity index (χ1n) is 6.63. The van der Waals surface area contributed by atoms with Crippen LogP contribution in [0.4, 0.5) is 4.39 Å². The van der Waals surface area contributed by atoms with Crippen LogP contribution in [0, 0.1) is 19.7 Å². The summed E-state index contributed by atoms with van der Waals surface area (Å²) in [5.41, 5.74) is 6.19. The van der Waals surface area contributed by atoms with Crippen molar-refractivity contribution in [3.63, 3.8) is 0 Å². The molecule has 21 heavy (non-hydrogen) atoms. The number of nitrogens with two attached hydrogens (primary N) is 1. The zero-order chi connectivity index (χ0) is 15.4. The van der Waals surface area contributed by atoms with E-state index in [-0.39, 0.29) is 11.9 Å². The van der Waals surface area contributed by atoms with E-state index in [1.807, 2.05) is 13.8 Å². The van der Waals surface area contributed by atoms with Crippen LogP contribution in [0.25, 0.3) is 0 Å². The van der Waals surface area contributed by atoms with E-state index >= 15 is 0 Å². The number of methoxy groups -OCH3 is 1. The number of nitrogens with zero attached hydrogens (tertiary/aromatic N) is 2. The topological polar surface area (TPSA) is 73.1 Å². The Morgan fingerprint density at radius 1 is 1.29 bits per heavy atom. The van der Waals surface area contributed by atoms with Crippen LogP contribution >= 0.6 is 0 Å². The van der Waals surface area contributed by atoms with Crippen molar-refractivity contribution in [1.82, 2.24) is 15.4 Å². The van der Waals surface area contributed by atoms with Gasteiger partial charge in [-0.2, -0.15) is 0 Å². The van der Waals surface area contributed by atoms with Gasteiger partial charge in [0.15, 0.2) is 0 Å². The minimum absolute atomic E-state index is 0.246. The van der Waals surface area contributed by atoms with Crippen LogP contribution in [0.3, 0.4) is 0 Å². The first kappa shape index (κ1) is 15.3. The van der Waals surface area contributed by atoms with E-state index in [1.54, 1.807) is 19.4 Å². The van der Waals surface area contributed by atoms with Crippen molar-refractivity contribution in [2.75, 3.05) is 7.11 Å². The van der Waals surface area contributed by atoms with Gasteiger partial charge in [-0.15, -0.1) is 0 Å². The average Bonchev–Trinajstić information content (AvgIpc) is 2.48. The van der Waals surface area contributed by atoms with Gasteiger partial charge in [-0.1, -0.05) is 0 Å². The molecular weight excluding hydrogens is 271 g/mol. The van der Waals surface area contributed by atoms with E-state index in [0.717, 1.165) is 22.6 Å². The van der Waals surface area contributed by atoms with Crippen LogP contribution in [0.15, 0.2) is 24.5 Å². The molecule has 6 heteroatoms. The monoisotopic (exact) mass is 290 g/mol. The second-order valence-electron chi connectivity index (χ2n) is 4.87. The number of aromatic nitrogens is 2. The van der Waals surface area contributed by atoms with E-state index in [2.05, 4.69) is 15.4 Å². The van der Waals surface area contributed by atoms with Gasteiger partial charge < -0.3 is 4.74 Å². The zero-order valence-corrected chi connectivity index (χ0v) is 12.4. The fourth-order valence-corrected chi connectivity index (χ4v) is 2.31. The predicted molar refractivity (Wildman–Crippen MR) is 78.2 cm³/mol. The summed E-state index contributed by atoms with van der Waals surface area (Å²) in [4.78, 5) is 8.50. The van der Waals surface area contributed by atoms with Gasteiger partial charge in [-0.25, -0.2) is 4.39 Å². The van der Waals surface area contributed by atoms with Crippen molar-refractivity contribution in [3.8, 4) is 5.75 Å². The first-order valence-corrected chi connectivity index (χ1v) is 6.63. The molecule has 2 heterocycles. The van der Waals surface area contributed by atoms with Crippen molar-refractivity contribution in [2.24, 2.45) is 5.84 Å². The van der Waals surface area contributed by atoms with Gasteiger partial charge in [0.05, 0.1) is 25.0 Å². The molecule has 0 aliphatic rings. The summed E-state index contributed by atoms with van der Waals surface area (Å²) in [6, 6.07) is 2.73. The highest BCUT2D eigenvalue weighted by Gasteiger charge is 2.17. The zero-order valence-electron chi connectivity index (χ0n) is 12.4. The minimum Gasteiger partial charge on any atom is -0.496 e. The van der Waals surface area contributed by atoms with Gasteiger partial charge in [0, 0.05) is 29.4 Å². The number of hydrogen-bond acceptors (Lipinski definition) is 5. The Labute approximate surface area is 123 Å². The second kappa shape index (κ2) is 6.60. The fourth-order valence-electron chi connectivity index (χ4n) is 2.31. The predicted octanol–water partition coefficient (Wildman–Crippen LogP) is 1.99. The number of hydrogen-bond donors (Lipinski definition) is 2. The molecular formula is C15H19FN4O. The van der Waals surface area contributed by atoms with Crippen LogP contribution in [-0.4, -0.2) is 17.1 Å². The van der Waals surface area contributed by atoms with Gasteiger partial charge in [-0.3, -0.25) is 21.2 Å². The van der Waals surface area contributed by atoms with E-state index in [9.17, 15) is 4.39 Å². The van der Waals surface area contributed by atoms with Crippen LogP contribution in [0.1, 0.15) is 28.6 Å². The van der Waals surface area contributed by atoms with E-state index in [0.29, 0.717) is 12.1 Å². The molecule has 0 saturated carbocycles. The van der Waals surface area contributed by atoms with Gasteiger partial charge in [0.25, 0.3) is 0 Å². The maximum absolute atomic E-state index is 12.9. The summed E-state index contributed by atoms with van der Waals surface area (Å²) in [5.74, 6) is 6.05. The molecule has 2 aromatic heterocycles. The molecule has 0 spiro atoms. The molecule has 112 valence electrons. The van der Waals surface area contributed by atoms with E-state index < -0.39 is 0 Å². The van der Waals surface area contributed by atoms with E-state index in [1.165, 1.54) is 12.3 Å². The number of hydrazine groups is 1. The van der Waals surface area contributed by atoms with Crippen molar-refractivity contribution in [2.45, 2.75) is 26.3 Å². The molecule has 0 aromatic carbocycles. The highest BCUT2D eigenvalue weighted by molar-refractivity contribution is 5.41. The van der Waals surface area contributed by atoms with Gasteiger partial charge in [-0.05, 0) is 26.0 Å². The van der Waals surface area contributed by atoms with Crippen molar-refractivity contribution >= 4 is 0 Å². The molecule has 2 rings (SSSR count). The third kappa shape index (κ3) is 3.34. The second-order valence-corrected chi connectivity index (χ2v) is 4.87. The number of halogens is 1. The summed E-state index contributed by atoms with van der Waals surface area (Å²) in [5, 5.41) is 0. The lowest BCUT2D eigenvalue weighted by Gasteiger charge is -2.18. The molecule has 0 amide bonds. The summed E-state index contributed by atoms with van der Waals surface area (Å²) < 4.78 is 18.3. The SMILES string of the molecule is COc1c(C)cnc(CC(NN)c2ccc(F)cn2)c1C. The number of aryl methyl sites for hydroxylation is 1. The standard InChI is InChI=1S/C15H19FN4O/c1-9-7-18-13(10(2)15(9)21-3)6-14(20-17)12-5-4-11(16)8-19-12/h4-5,7-8,14,20H,6,17H2,1-3H3.